The smallest absolute Gasteiger partial charge is 0.490 e. The van der Waals surface area contributed by atoms with Gasteiger partial charge >= 0.3 is 6.36 Å². The number of nitrogens with zero attached hydrogens (tertiary/aromatic N) is 1. The van der Waals surface area contributed by atoms with E-state index >= 15 is 0 Å². The zero-order valence-electron chi connectivity index (χ0n) is 20.1. The first-order chi connectivity index (χ1) is 18.0. The Morgan fingerprint density at radius 1 is 1.11 bits per heavy atom. The minimum absolute atomic E-state index is 0.0554. The second-order valence-electron chi connectivity index (χ2n) is 8.71. The Hall–Kier alpha value is -2.43. The molecular weight excluding hydrogens is 553 g/mol. The lowest BCUT2D eigenvalue weighted by molar-refractivity contribution is -0.274. The summed E-state index contributed by atoms with van der Waals surface area (Å²) in [5.41, 5.74) is 2.09. The van der Waals surface area contributed by atoms with E-state index in [1.807, 2.05) is 0 Å². The van der Waals surface area contributed by atoms with Crippen LogP contribution in [0.4, 0.5) is 13.2 Å². The van der Waals surface area contributed by atoms with Crippen LogP contribution in [0.2, 0.25) is 0 Å². The second-order valence-corrected chi connectivity index (χ2v) is 11.4. The summed E-state index contributed by atoms with van der Waals surface area (Å²) in [6.45, 7) is 0.727. The Labute approximate surface area is 221 Å². The molecule has 1 amide bonds. The molecule has 2 saturated heterocycles. The van der Waals surface area contributed by atoms with Crippen molar-refractivity contribution in [3.63, 3.8) is 0 Å². The summed E-state index contributed by atoms with van der Waals surface area (Å²) < 4.78 is 79.8. The van der Waals surface area contributed by atoms with Crippen molar-refractivity contribution in [2.24, 2.45) is 0 Å². The summed E-state index contributed by atoms with van der Waals surface area (Å²) in [4.78, 5) is 17.4. The summed E-state index contributed by atoms with van der Waals surface area (Å²) in [5.74, 6) is -0.953. The number of nitrogens with one attached hydrogen (secondary N) is 1. The Balaban J connectivity index is 1.32. The predicted octanol–water partition coefficient (Wildman–Crippen LogP) is 3.49. The first-order valence-electron chi connectivity index (χ1n) is 11.9. The fraction of sp³-hybridized carbons (Fsp3) is 0.522. The highest BCUT2D eigenvalue weighted by atomic mass is 32.2. The Morgan fingerprint density at radius 3 is 2.42 bits per heavy atom. The Kier molecular flexibility index (Phi) is 9.15. The predicted molar refractivity (Wildman–Crippen MR) is 128 cm³/mol. The van der Waals surface area contributed by atoms with Gasteiger partial charge in [-0.3, -0.25) is 4.79 Å². The third-order valence-corrected chi connectivity index (χ3v) is 8.87. The monoisotopic (exact) mass is 580 g/mol. The summed E-state index contributed by atoms with van der Waals surface area (Å²) in [7, 11) is -4.02. The topological polar surface area (TPSA) is 124 Å². The van der Waals surface area contributed by atoms with Gasteiger partial charge in [-0.25, -0.2) is 18.7 Å². The highest BCUT2D eigenvalue weighted by Crippen LogP contribution is 2.32. The van der Waals surface area contributed by atoms with Gasteiger partial charge in [-0.1, -0.05) is 0 Å². The van der Waals surface area contributed by atoms with E-state index in [0.29, 0.717) is 31.6 Å². The highest BCUT2D eigenvalue weighted by Gasteiger charge is 2.35. The van der Waals surface area contributed by atoms with Crippen LogP contribution < -0.4 is 15.0 Å². The number of hydrogen-bond donors (Lipinski definition) is 2. The van der Waals surface area contributed by atoms with Crippen LogP contribution in [0.5, 0.6) is 11.5 Å². The van der Waals surface area contributed by atoms with E-state index in [4.69, 9.17) is 14.3 Å². The molecule has 0 aliphatic carbocycles. The van der Waals surface area contributed by atoms with E-state index in [2.05, 4.69) is 10.2 Å². The average molecular weight is 581 g/mol. The summed E-state index contributed by atoms with van der Waals surface area (Å²) in [5, 5.41) is 13.3. The van der Waals surface area contributed by atoms with Gasteiger partial charge in [0.2, 0.25) is 10.0 Å². The van der Waals surface area contributed by atoms with E-state index in [-0.39, 0.29) is 35.4 Å². The van der Waals surface area contributed by atoms with Crippen LogP contribution in [-0.4, -0.2) is 62.2 Å². The standard InChI is InChI=1S/C23H27F3N2O8S2/c24-23(25,26)35-17-6-4-15(5-7-17)34-16-8-10-28(11-9-16)38(31,32)19-14-37-13-18(19)21(29)22(30)27-36-20-3-1-2-12-33-20/h4-7,13-14,16,20-21,29H,1-3,8-12H2,(H,27,30). The number of aliphatic hydroxyl groups is 1. The van der Waals surface area contributed by atoms with E-state index < -0.39 is 34.7 Å². The number of carbonyl (C=O) groups excluding carboxylic acids is 1. The number of ether oxygens (including phenoxy) is 3. The molecule has 15 heteroatoms. The van der Waals surface area contributed by atoms with Crippen LogP contribution in [0.15, 0.2) is 39.9 Å². The molecule has 10 nitrogen and oxygen atoms in total. The Morgan fingerprint density at radius 2 is 1.79 bits per heavy atom. The molecule has 38 heavy (non-hydrogen) atoms. The van der Waals surface area contributed by atoms with Crippen molar-refractivity contribution in [3.8, 4) is 11.5 Å². The number of piperidine rings is 1. The molecule has 3 heterocycles. The zero-order chi connectivity index (χ0) is 27.3. The molecule has 4 rings (SSSR count). The van der Waals surface area contributed by atoms with Gasteiger partial charge in [-0.15, -0.1) is 13.2 Å². The van der Waals surface area contributed by atoms with Crippen molar-refractivity contribution in [1.29, 1.82) is 0 Å². The maximum Gasteiger partial charge on any atom is 0.573 e. The molecule has 0 bridgehead atoms. The van der Waals surface area contributed by atoms with Crippen LogP contribution in [0, 0.1) is 0 Å². The van der Waals surface area contributed by atoms with Crippen molar-refractivity contribution in [2.45, 2.75) is 61.9 Å². The lowest BCUT2D eigenvalue weighted by Crippen LogP contribution is -2.42. The van der Waals surface area contributed by atoms with Crippen LogP contribution in [0.1, 0.15) is 43.8 Å². The number of amides is 1. The number of thiophene rings is 1. The van der Waals surface area contributed by atoms with E-state index in [9.17, 15) is 31.5 Å². The molecule has 2 atom stereocenters. The van der Waals surface area contributed by atoms with E-state index in [1.54, 1.807) is 0 Å². The average Bonchev–Trinajstić information content (AvgIpc) is 3.39. The van der Waals surface area contributed by atoms with E-state index in [0.717, 1.165) is 36.3 Å². The van der Waals surface area contributed by atoms with Gasteiger partial charge in [0.15, 0.2) is 12.4 Å². The number of alkyl halides is 3. The number of hydrogen-bond acceptors (Lipinski definition) is 9. The van der Waals surface area contributed by atoms with Gasteiger partial charge in [-0.2, -0.15) is 15.6 Å². The lowest BCUT2D eigenvalue weighted by Gasteiger charge is -2.31. The fourth-order valence-electron chi connectivity index (χ4n) is 4.07. The van der Waals surface area contributed by atoms with Crippen LogP contribution in [0.3, 0.4) is 0 Å². The molecule has 2 aromatic rings. The normalized spacial score (nSPS) is 20.6. The lowest BCUT2D eigenvalue weighted by atomic mass is 10.1. The van der Waals surface area contributed by atoms with Crippen LogP contribution in [-0.2, 0) is 24.4 Å². The van der Waals surface area contributed by atoms with Crippen molar-refractivity contribution in [3.05, 3.63) is 40.6 Å². The third kappa shape index (κ3) is 7.36. The molecule has 1 aromatic heterocycles. The molecule has 2 unspecified atom stereocenters. The molecule has 0 radical (unpaired) electrons. The van der Waals surface area contributed by atoms with Crippen molar-refractivity contribution < 1.29 is 50.5 Å². The van der Waals surface area contributed by atoms with Gasteiger partial charge in [0.1, 0.15) is 17.6 Å². The molecule has 0 saturated carbocycles. The number of rotatable bonds is 9. The van der Waals surface area contributed by atoms with Crippen LogP contribution >= 0.6 is 11.3 Å². The van der Waals surface area contributed by atoms with Crippen molar-refractivity contribution in [1.82, 2.24) is 9.79 Å². The molecular formula is C23H27F3N2O8S2. The molecule has 2 aliphatic heterocycles. The van der Waals surface area contributed by atoms with Gasteiger partial charge < -0.3 is 19.3 Å². The first-order valence-corrected chi connectivity index (χ1v) is 14.2. The van der Waals surface area contributed by atoms with Crippen molar-refractivity contribution >= 4 is 27.3 Å². The summed E-state index contributed by atoms with van der Waals surface area (Å²) >= 11 is 1.04. The number of aliphatic hydroxyl groups excluding tert-OH is 1. The second kappa shape index (κ2) is 12.2. The third-order valence-electron chi connectivity index (χ3n) is 6.01. The molecule has 2 N–H and O–H groups in total. The van der Waals surface area contributed by atoms with Gasteiger partial charge in [-0.05, 0) is 55.3 Å². The molecule has 1 aromatic carbocycles. The van der Waals surface area contributed by atoms with Gasteiger partial charge in [0, 0.05) is 37.1 Å². The number of sulfonamides is 1. The highest BCUT2D eigenvalue weighted by molar-refractivity contribution is 7.89. The van der Waals surface area contributed by atoms with Gasteiger partial charge in [0.25, 0.3) is 5.91 Å². The number of carbonyl (C=O) groups is 1. The zero-order valence-corrected chi connectivity index (χ0v) is 21.7. The Bertz CT molecular complexity index is 1180. The van der Waals surface area contributed by atoms with Crippen molar-refractivity contribution in [2.75, 3.05) is 19.7 Å². The maximum absolute atomic E-state index is 13.3. The summed E-state index contributed by atoms with van der Waals surface area (Å²) in [6, 6.07) is 4.96. The molecule has 2 fully saturated rings. The molecule has 210 valence electrons. The first kappa shape index (κ1) is 28.6. The maximum atomic E-state index is 13.3. The van der Waals surface area contributed by atoms with Crippen LogP contribution in [0.25, 0.3) is 0 Å². The van der Waals surface area contributed by atoms with Gasteiger partial charge in [0.05, 0.1) is 4.90 Å². The SMILES string of the molecule is O=C(NOC1CCCCO1)C(O)c1cscc1S(=O)(=O)N1CCC(Oc2ccc(OC(F)(F)F)cc2)CC1. The van der Waals surface area contributed by atoms with E-state index in [1.165, 1.54) is 27.2 Å². The quantitative estimate of drug-likeness (QED) is 0.432. The minimum atomic E-state index is -4.79. The molecule has 2 aliphatic rings. The number of hydroxylamine groups is 1. The number of benzene rings is 1. The number of halogens is 3. The summed E-state index contributed by atoms with van der Waals surface area (Å²) in [6.07, 6.45) is -4.51. The fourth-order valence-corrected chi connectivity index (χ4v) is 6.97. The largest absolute Gasteiger partial charge is 0.573 e. The molecule has 0 spiro atoms. The minimum Gasteiger partial charge on any atom is -0.490 e.